The lowest BCUT2D eigenvalue weighted by molar-refractivity contribution is -0.127. The number of rotatable bonds is 3. The molecule has 1 fully saturated rings. The Balaban J connectivity index is 2.05. The zero-order chi connectivity index (χ0) is 16.5. The van der Waals surface area contributed by atoms with Crippen LogP contribution in [-0.4, -0.2) is 31.5 Å². The standard InChI is InChI=1S/C17H22O4S/c1-17(2)10-15(18)14(16(19)11-17)9-6-12-4-7-13(8-5-12)22(3,20)21/h4-5,7,9,13H,6,8,10-11H2,1-3H3. The molecule has 1 atom stereocenters. The SMILES string of the molecule is CC1(C)CC(=O)C(=CCC2=CCC(S(C)(=O)=O)C=C2)C(=O)C1. The lowest BCUT2D eigenvalue weighted by Gasteiger charge is -2.28. The highest BCUT2D eigenvalue weighted by Crippen LogP contribution is 2.34. The van der Waals surface area contributed by atoms with Gasteiger partial charge < -0.3 is 0 Å². The first-order valence-electron chi connectivity index (χ1n) is 7.41. The van der Waals surface area contributed by atoms with Crippen molar-refractivity contribution in [2.24, 2.45) is 5.41 Å². The van der Waals surface area contributed by atoms with E-state index in [0.717, 1.165) is 5.57 Å². The van der Waals surface area contributed by atoms with Gasteiger partial charge in [-0.3, -0.25) is 9.59 Å². The number of carbonyl (C=O) groups is 2. The van der Waals surface area contributed by atoms with Gasteiger partial charge in [-0.15, -0.1) is 0 Å². The maximum Gasteiger partial charge on any atom is 0.166 e. The van der Waals surface area contributed by atoms with Crippen LogP contribution in [0.1, 0.15) is 39.5 Å². The lowest BCUT2D eigenvalue weighted by atomic mass is 9.74. The fourth-order valence-corrected chi connectivity index (χ4v) is 3.65. The van der Waals surface area contributed by atoms with Gasteiger partial charge >= 0.3 is 0 Å². The van der Waals surface area contributed by atoms with E-state index in [4.69, 9.17) is 0 Å². The molecule has 2 aliphatic carbocycles. The van der Waals surface area contributed by atoms with Crippen LogP contribution in [0.25, 0.3) is 0 Å². The predicted octanol–water partition coefficient (Wildman–Crippen LogP) is 2.56. The Morgan fingerprint density at radius 3 is 2.27 bits per heavy atom. The summed E-state index contributed by atoms with van der Waals surface area (Å²) in [5.74, 6) is -0.175. The van der Waals surface area contributed by atoms with Crippen LogP contribution in [0.3, 0.4) is 0 Å². The number of Topliss-reactive ketones (excluding diaryl/α,β-unsaturated/α-hetero) is 2. The molecule has 2 rings (SSSR count). The molecule has 5 heteroatoms. The monoisotopic (exact) mass is 322 g/mol. The summed E-state index contributed by atoms with van der Waals surface area (Å²) in [5.41, 5.74) is 0.995. The van der Waals surface area contributed by atoms with Gasteiger partial charge in [0.1, 0.15) is 0 Å². The molecule has 0 saturated heterocycles. The van der Waals surface area contributed by atoms with Gasteiger partial charge in [0.25, 0.3) is 0 Å². The van der Waals surface area contributed by atoms with E-state index in [9.17, 15) is 18.0 Å². The van der Waals surface area contributed by atoms with Gasteiger partial charge in [-0.05, 0) is 23.8 Å². The van der Waals surface area contributed by atoms with Crippen molar-refractivity contribution in [3.8, 4) is 0 Å². The largest absolute Gasteiger partial charge is 0.294 e. The molecule has 0 amide bonds. The van der Waals surface area contributed by atoms with Gasteiger partial charge in [0.2, 0.25) is 0 Å². The fourth-order valence-electron chi connectivity index (χ4n) is 2.84. The summed E-state index contributed by atoms with van der Waals surface area (Å²) < 4.78 is 22.9. The Hall–Kier alpha value is -1.49. The summed E-state index contributed by atoms with van der Waals surface area (Å²) in [5, 5.41) is -0.470. The van der Waals surface area contributed by atoms with E-state index in [1.807, 2.05) is 19.9 Å². The van der Waals surface area contributed by atoms with Gasteiger partial charge in [0, 0.05) is 19.1 Å². The van der Waals surface area contributed by atoms with Gasteiger partial charge in [0.15, 0.2) is 21.4 Å². The molecule has 0 aromatic heterocycles. The van der Waals surface area contributed by atoms with Crippen molar-refractivity contribution < 1.29 is 18.0 Å². The van der Waals surface area contributed by atoms with Crippen molar-refractivity contribution in [3.05, 3.63) is 35.5 Å². The number of allylic oxidation sites excluding steroid dienone is 5. The van der Waals surface area contributed by atoms with Gasteiger partial charge in [-0.1, -0.05) is 38.2 Å². The Morgan fingerprint density at radius 1 is 1.23 bits per heavy atom. The number of hydrogen-bond acceptors (Lipinski definition) is 4. The van der Waals surface area contributed by atoms with Gasteiger partial charge in [-0.25, -0.2) is 8.42 Å². The quantitative estimate of drug-likeness (QED) is 0.591. The molecule has 2 aliphatic rings. The minimum absolute atomic E-state index is 0.0874. The molecule has 0 aliphatic heterocycles. The van der Waals surface area contributed by atoms with Crippen molar-refractivity contribution in [2.75, 3.05) is 6.26 Å². The van der Waals surface area contributed by atoms with E-state index < -0.39 is 15.1 Å². The topological polar surface area (TPSA) is 68.3 Å². The molecule has 0 N–H and O–H groups in total. The molecule has 0 bridgehead atoms. The Kier molecular flexibility index (Phi) is 4.57. The Labute approximate surface area is 131 Å². The van der Waals surface area contributed by atoms with E-state index in [2.05, 4.69) is 0 Å². The Bertz CT molecular complexity index is 668. The van der Waals surface area contributed by atoms with E-state index in [0.29, 0.717) is 31.3 Å². The van der Waals surface area contributed by atoms with Gasteiger partial charge in [0.05, 0.1) is 10.8 Å². The van der Waals surface area contributed by atoms with Crippen LogP contribution < -0.4 is 0 Å². The van der Waals surface area contributed by atoms with Crippen molar-refractivity contribution in [2.45, 2.75) is 44.8 Å². The second kappa shape index (κ2) is 5.95. The third-order valence-electron chi connectivity index (χ3n) is 4.11. The molecule has 1 saturated carbocycles. The number of hydrogen-bond donors (Lipinski definition) is 0. The minimum Gasteiger partial charge on any atom is -0.294 e. The second-order valence-corrected chi connectivity index (χ2v) is 9.19. The van der Waals surface area contributed by atoms with Crippen LogP contribution >= 0.6 is 0 Å². The molecular formula is C17H22O4S. The summed E-state index contributed by atoms with van der Waals surface area (Å²) >= 11 is 0. The zero-order valence-electron chi connectivity index (χ0n) is 13.3. The molecule has 1 unspecified atom stereocenters. The number of carbonyl (C=O) groups excluding carboxylic acids is 2. The van der Waals surface area contributed by atoms with Crippen LogP contribution in [0.15, 0.2) is 35.5 Å². The molecule has 0 aromatic rings. The highest BCUT2D eigenvalue weighted by molar-refractivity contribution is 7.91. The average molecular weight is 322 g/mol. The third kappa shape index (κ3) is 4.03. The highest BCUT2D eigenvalue weighted by atomic mass is 32.2. The summed E-state index contributed by atoms with van der Waals surface area (Å²) in [4.78, 5) is 24.1. The Morgan fingerprint density at radius 2 is 1.82 bits per heavy atom. The molecule has 4 nitrogen and oxygen atoms in total. The fraction of sp³-hybridized carbons (Fsp3) is 0.529. The van der Waals surface area contributed by atoms with Gasteiger partial charge in [-0.2, -0.15) is 0 Å². The van der Waals surface area contributed by atoms with Crippen molar-refractivity contribution in [1.29, 1.82) is 0 Å². The van der Waals surface area contributed by atoms with E-state index in [1.54, 1.807) is 18.2 Å². The second-order valence-electron chi connectivity index (χ2n) is 6.93. The normalized spacial score (nSPS) is 25.1. The minimum atomic E-state index is -3.07. The first-order valence-corrected chi connectivity index (χ1v) is 9.37. The molecule has 0 aromatic carbocycles. The zero-order valence-corrected chi connectivity index (χ0v) is 14.1. The summed E-state index contributed by atoms with van der Waals surface area (Å²) in [6.07, 6.45) is 9.96. The third-order valence-corrected chi connectivity index (χ3v) is 5.56. The predicted molar refractivity (Wildman–Crippen MR) is 86.2 cm³/mol. The number of sulfone groups is 1. The van der Waals surface area contributed by atoms with Crippen LogP contribution in [0.4, 0.5) is 0 Å². The molecule has 0 spiro atoms. The van der Waals surface area contributed by atoms with Crippen LogP contribution in [0.2, 0.25) is 0 Å². The maximum atomic E-state index is 12.1. The molecule has 0 radical (unpaired) electrons. The van der Waals surface area contributed by atoms with E-state index >= 15 is 0 Å². The smallest absolute Gasteiger partial charge is 0.166 e. The number of ketones is 2. The summed E-state index contributed by atoms with van der Waals surface area (Å²) in [7, 11) is -3.07. The lowest BCUT2D eigenvalue weighted by Crippen LogP contribution is -2.31. The van der Waals surface area contributed by atoms with Crippen molar-refractivity contribution in [3.63, 3.8) is 0 Å². The summed E-state index contributed by atoms with van der Waals surface area (Å²) in [6, 6.07) is 0. The van der Waals surface area contributed by atoms with E-state index in [-0.39, 0.29) is 17.0 Å². The molecule has 0 heterocycles. The average Bonchev–Trinajstić information content (AvgIpc) is 2.35. The van der Waals surface area contributed by atoms with Crippen LogP contribution in [-0.2, 0) is 19.4 Å². The van der Waals surface area contributed by atoms with Crippen molar-refractivity contribution >= 4 is 21.4 Å². The van der Waals surface area contributed by atoms with Crippen LogP contribution in [0.5, 0.6) is 0 Å². The first kappa shape index (κ1) is 16.9. The van der Waals surface area contributed by atoms with E-state index in [1.165, 1.54) is 6.26 Å². The highest BCUT2D eigenvalue weighted by Gasteiger charge is 2.35. The molecular weight excluding hydrogens is 300 g/mol. The van der Waals surface area contributed by atoms with Crippen molar-refractivity contribution in [1.82, 2.24) is 0 Å². The van der Waals surface area contributed by atoms with Crippen LogP contribution in [0, 0.1) is 5.41 Å². The first-order chi connectivity index (χ1) is 10.1. The summed E-state index contributed by atoms with van der Waals surface area (Å²) in [6.45, 7) is 3.86. The molecule has 120 valence electrons. The maximum absolute atomic E-state index is 12.1. The molecule has 22 heavy (non-hydrogen) atoms.